The molecule has 0 aliphatic carbocycles. The fraction of sp³-hybridized carbons (Fsp3) is 0.333. The lowest BCUT2D eigenvalue weighted by Gasteiger charge is -2.36. The number of aryl methyl sites for hydroxylation is 4. The number of hydrogen-bond donors (Lipinski definition) is 0. The summed E-state index contributed by atoms with van der Waals surface area (Å²) in [6.45, 7) is 6.05. The highest BCUT2D eigenvalue weighted by molar-refractivity contribution is 5.78. The normalized spacial score (nSPS) is 14.0. The summed E-state index contributed by atoms with van der Waals surface area (Å²) in [5.41, 5.74) is 4.68. The lowest BCUT2D eigenvalue weighted by Crippen LogP contribution is -2.49. The Morgan fingerprint density at radius 1 is 1.00 bits per heavy atom. The predicted molar refractivity (Wildman–Crippen MR) is 137 cm³/mol. The van der Waals surface area contributed by atoms with Crippen LogP contribution in [0.2, 0.25) is 0 Å². The second-order valence-corrected chi connectivity index (χ2v) is 9.25. The van der Waals surface area contributed by atoms with Crippen LogP contribution in [0.1, 0.15) is 23.4 Å². The summed E-state index contributed by atoms with van der Waals surface area (Å²) in [7, 11) is 1.71. The summed E-state index contributed by atoms with van der Waals surface area (Å²) in [6.07, 6.45) is 0.447. The minimum Gasteiger partial charge on any atom is -0.366 e. The molecule has 1 saturated heterocycles. The van der Waals surface area contributed by atoms with Crippen molar-refractivity contribution in [3.63, 3.8) is 0 Å². The van der Waals surface area contributed by atoms with E-state index >= 15 is 0 Å². The lowest BCUT2D eigenvalue weighted by molar-refractivity contribution is -0.131. The first-order chi connectivity index (χ1) is 17.3. The van der Waals surface area contributed by atoms with Gasteiger partial charge in [-0.15, -0.1) is 0 Å². The quantitative estimate of drug-likeness (QED) is 0.431. The van der Waals surface area contributed by atoms with Gasteiger partial charge in [0.25, 0.3) is 5.56 Å². The molecule has 0 radical (unpaired) electrons. The number of anilines is 1. The van der Waals surface area contributed by atoms with Gasteiger partial charge in [-0.25, -0.2) is 14.1 Å². The van der Waals surface area contributed by atoms with Gasteiger partial charge in [0.2, 0.25) is 5.91 Å². The van der Waals surface area contributed by atoms with Crippen molar-refractivity contribution in [3.8, 4) is 5.69 Å². The molecule has 1 fully saturated rings. The first kappa shape index (κ1) is 23.7. The van der Waals surface area contributed by atoms with Crippen molar-refractivity contribution in [2.75, 3.05) is 31.1 Å². The fourth-order valence-electron chi connectivity index (χ4n) is 4.73. The molecule has 0 N–H and O–H groups in total. The zero-order valence-corrected chi connectivity index (χ0v) is 20.7. The summed E-state index contributed by atoms with van der Waals surface area (Å²) < 4.78 is 17.4. The number of hydrogen-bond acceptors (Lipinski definition) is 5. The maximum Gasteiger partial charge on any atom is 0.273 e. The molecule has 3 heterocycles. The van der Waals surface area contributed by atoms with Crippen molar-refractivity contribution in [2.45, 2.75) is 26.7 Å². The van der Waals surface area contributed by atoms with Gasteiger partial charge in [0.15, 0.2) is 5.65 Å². The Kier molecular flexibility index (Phi) is 6.30. The molecule has 9 heteroatoms. The number of para-hydroxylation sites is 1. The van der Waals surface area contributed by atoms with Crippen molar-refractivity contribution in [1.82, 2.24) is 24.2 Å². The highest BCUT2D eigenvalue weighted by Crippen LogP contribution is 2.22. The molecule has 0 saturated carbocycles. The van der Waals surface area contributed by atoms with Gasteiger partial charge in [-0.05, 0) is 38.1 Å². The third kappa shape index (κ3) is 4.36. The van der Waals surface area contributed by atoms with E-state index in [1.54, 1.807) is 33.3 Å². The van der Waals surface area contributed by atoms with E-state index in [1.807, 2.05) is 49.1 Å². The van der Waals surface area contributed by atoms with Crippen LogP contribution in [0.25, 0.3) is 16.9 Å². The topological polar surface area (TPSA) is 76.3 Å². The van der Waals surface area contributed by atoms with Crippen LogP contribution in [0.4, 0.5) is 10.1 Å². The maximum atomic E-state index is 14.1. The number of rotatable bonds is 5. The zero-order valence-electron chi connectivity index (χ0n) is 20.7. The average Bonchev–Trinajstić information content (AvgIpc) is 3.22. The number of nitrogens with zero attached hydrogens (tertiary/aromatic N) is 6. The average molecular weight is 489 g/mol. The van der Waals surface area contributed by atoms with E-state index in [1.165, 1.54) is 6.07 Å². The highest BCUT2D eigenvalue weighted by Gasteiger charge is 2.24. The summed E-state index contributed by atoms with van der Waals surface area (Å²) in [6, 6.07) is 14.6. The number of carbonyl (C=O) groups excluding carboxylic acids is 1. The van der Waals surface area contributed by atoms with Gasteiger partial charge in [0.05, 0.1) is 17.1 Å². The molecule has 36 heavy (non-hydrogen) atoms. The third-order valence-corrected chi connectivity index (χ3v) is 6.80. The van der Waals surface area contributed by atoms with Crippen molar-refractivity contribution >= 4 is 22.8 Å². The number of carbonyl (C=O) groups is 1. The number of benzene rings is 2. The second-order valence-electron chi connectivity index (χ2n) is 9.25. The van der Waals surface area contributed by atoms with Gasteiger partial charge in [-0.2, -0.15) is 5.10 Å². The summed E-state index contributed by atoms with van der Waals surface area (Å²) in [4.78, 5) is 34.4. The number of fused-ring (bicyclic) bond motifs is 1. The Morgan fingerprint density at radius 3 is 2.39 bits per heavy atom. The highest BCUT2D eigenvalue weighted by atomic mass is 19.1. The lowest BCUT2D eigenvalue weighted by atomic mass is 10.2. The molecule has 1 aliphatic heterocycles. The molecular formula is C27H29FN6O2. The van der Waals surface area contributed by atoms with Gasteiger partial charge < -0.3 is 9.80 Å². The van der Waals surface area contributed by atoms with E-state index in [2.05, 4.69) is 10.1 Å². The van der Waals surface area contributed by atoms with Crippen LogP contribution in [0, 0.1) is 19.7 Å². The van der Waals surface area contributed by atoms with E-state index in [9.17, 15) is 14.0 Å². The molecule has 0 atom stereocenters. The number of halogens is 1. The van der Waals surface area contributed by atoms with Crippen LogP contribution in [-0.4, -0.2) is 56.3 Å². The van der Waals surface area contributed by atoms with Crippen molar-refractivity contribution in [3.05, 3.63) is 81.7 Å². The molecule has 1 amide bonds. The van der Waals surface area contributed by atoms with Gasteiger partial charge in [-0.1, -0.05) is 29.8 Å². The van der Waals surface area contributed by atoms with Crippen molar-refractivity contribution in [1.29, 1.82) is 0 Å². The SMILES string of the molecule is Cc1ccc(-n2nc(C)c3nc(CCC(=O)N4CCN(c5ccccc5F)CC4)c(=O)n(C)c32)cc1. The number of aromatic nitrogens is 4. The van der Waals surface area contributed by atoms with Crippen molar-refractivity contribution in [2.24, 2.45) is 7.05 Å². The molecule has 5 rings (SSSR count). The maximum absolute atomic E-state index is 14.1. The van der Waals surface area contributed by atoms with Crippen LogP contribution in [0.3, 0.4) is 0 Å². The first-order valence-electron chi connectivity index (χ1n) is 12.1. The number of amides is 1. The summed E-state index contributed by atoms with van der Waals surface area (Å²) in [5.74, 6) is -0.283. The molecule has 0 bridgehead atoms. The molecule has 0 unspecified atom stereocenters. The third-order valence-electron chi connectivity index (χ3n) is 6.80. The molecular weight excluding hydrogens is 459 g/mol. The molecule has 4 aromatic rings. The van der Waals surface area contributed by atoms with Crippen molar-refractivity contribution < 1.29 is 9.18 Å². The molecule has 1 aliphatic rings. The first-order valence-corrected chi connectivity index (χ1v) is 12.1. The Hall–Kier alpha value is -4.01. The molecule has 8 nitrogen and oxygen atoms in total. The van der Waals surface area contributed by atoms with Gasteiger partial charge in [-0.3, -0.25) is 14.2 Å². The van der Waals surface area contributed by atoms with Crippen LogP contribution in [-0.2, 0) is 18.3 Å². The Morgan fingerprint density at radius 2 is 1.69 bits per heavy atom. The van der Waals surface area contributed by atoms with Gasteiger partial charge >= 0.3 is 0 Å². The van der Waals surface area contributed by atoms with E-state index in [0.29, 0.717) is 48.7 Å². The van der Waals surface area contributed by atoms with Crippen LogP contribution >= 0.6 is 0 Å². The molecule has 2 aromatic heterocycles. The molecule has 2 aromatic carbocycles. The van der Waals surface area contributed by atoms with E-state index < -0.39 is 0 Å². The summed E-state index contributed by atoms with van der Waals surface area (Å²) >= 11 is 0. The smallest absolute Gasteiger partial charge is 0.273 e. The van der Waals surface area contributed by atoms with E-state index in [0.717, 1.165) is 16.9 Å². The molecule has 186 valence electrons. The predicted octanol–water partition coefficient (Wildman–Crippen LogP) is 3.16. The van der Waals surface area contributed by atoms with Gasteiger partial charge in [0.1, 0.15) is 17.0 Å². The zero-order chi connectivity index (χ0) is 25.4. The molecule has 0 spiro atoms. The summed E-state index contributed by atoms with van der Waals surface area (Å²) in [5, 5.41) is 4.63. The Balaban J connectivity index is 1.30. The monoisotopic (exact) mass is 488 g/mol. The van der Waals surface area contributed by atoms with E-state index in [4.69, 9.17) is 0 Å². The second kappa shape index (κ2) is 9.56. The van der Waals surface area contributed by atoms with Crippen LogP contribution < -0.4 is 10.5 Å². The van der Waals surface area contributed by atoms with Crippen LogP contribution in [0.15, 0.2) is 53.3 Å². The fourth-order valence-corrected chi connectivity index (χ4v) is 4.73. The minimum absolute atomic E-state index is 0.0285. The van der Waals surface area contributed by atoms with E-state index in [-0.39, 0.29) is 30.1 Å². The Bertz CT molecular complexity index is 1480. The Labute approximate surface area is 208 Å². The van der Waals surface area contributed by atoms with Gasteiger partial charge in [0, 0.05) is 46.1 Å². The standard InChI is InChI=1S/C27H29FN6O2/c1-18-8-10-20(11-9-18)34-26-25(19(2)30-34)29-22(27(36)31(26)3)12-13-24(35)33-16-14-32(15-17-33)23-7-5-4-6-21(23)28/h4-11H,12-17H2,1-3H3. The largest absolute Gasteiger partial charge is 0.366 e. The number of piperazine rings is 1. The van der Waals surface area contributed by atoms with Crippen LogP contribution in [0.5, 0.6) is 0 Å². The minimum atomic E-state index is -0.254.